The van der Waals surface area contributed by atoms with Gasteiger partial charge >= 0.3 is 6.03 Å². The number of likely N-dealkylation sites (N-methyl/N-ethyl adjacent to an activating group) is 1. The standard InChI is InChI=1S/C16H26N4O2/c1-19(2)8-9-20(13-14-5-3-7-17-11-14)16(21)18-12-15-6-4-10-22-15/h3,5,7,11,15H,4,6,8-10,12-13H2,1-2H3,(H,18,21)/t15-/m0/s1. The predicted molar refractivity (Wildman–Crippen MR) is 85.6 cm³/mol. The number of nitrogens with zero attached hydrogens (tertiary/aromatic N) is 3. The zero-order chi connectivity index (χ0) is 15.8. The van der Waals surface area contributed by atoms with E-state index in [0.717, 1.165) is 31.6 Å². The molecule has 0 radical (unpaired) electrons. The zero-order valence-electron chi connectivity index (χ0n) is 13.5. The number of aromatic nitrogens is 1. The average molecular weight is 306 g/mol. The van der Waals surface area contributed by atoms with Gasteiger partial charge in [0.05, 0.1) is 6.10 Å². The van der Waals surface area contributed by atoms with Gasteiger partial charge in [0, 0.05) is 45.2 Å². The molecule has 0 aromatic carbocycles. The molecule has 2 amide bonds. The lowest BCUT2D eigenvalue weighted by Crippen LogP contribution is -2.44. The van der Waals surface area contributed by atoms with E-state index in [2.05, 4.69) is 15.2 Å². The molecule has 6 nitrogen and oxygen atoms in total. The van der Waals surface area contributed by atoms with Crippen molar-refractivity contribution in [2.75, 3.05) is 40.3 Å². The molecule has 1 N–H and O–H groups in total. The Labute approximate surface area is 132 Å². The van der Waals surface area contributed by atoms with E-state index in [1.165, 1.54) is 0 Å². The zero-order valence-corrected chi connectivity index (χ0v) is 13.5. The fourth-order valence-corrected chi connectivity index (χ4v) is 2.40. The second-order valence-corrected chi connectivity index (χ2v) is 5.91. The monoisotopic (exact) mass is 306 g/mol. The van der Waals surface area contributed by atoms with Crippen molar-refractivity contribution in [1.29, 1.82) is 0 Å². The molecule has 1 aliphatic rings. The Balaban J connectivity index is 1.88. The third-order valence-corrected chi connectivity index (χ3v) is 3.71. The smallest absolute Gasteiger partial charge is 0.317 e. The van der Waals surface area contributed by atoms with Crippen LogP contribution in [0.2, 0.25) is 0 Å². The van der Waals surface area contributed by atoms with Gasteiger partial charge < -0.3 is 19.9 Å². The molecule has 22 heavy (non-hydrogen) atoms. The lowest BCUT2D eigenvalue weighted by molar-refractivity contribution is 0.108. The molecule has 6 heteroatoms. The molecule has 2 heterocycles. The van der Waals surface area contributed by atoms with E-state index in [-0.39, 0.29) is 12.1 Å². The Kier molecular flexibility index (Phi) is 6.61. The molecule has 1 aromatic rings. The van der Waals surface area contributed by atoms with Crippen molar-refractivity contribution < 1.29 is 9.53 Å². The summed E-state index contributed by atoms with van der Waals surface area (Å²) in [5.74, 6) is 0. The number of hydrogen-bond donors (Lipinski definition) is 1. The largest absolute Gasteiger partial charge is 0.376 e. The fourth-order valence-electron chi connectivity index (χ4n) is 2.40. The van der Waals surface area contributed by atoms with E-state index in [0.29, 0.717) is 19.6 Å². The first-order valence-electron chi connectivity index (χ1n) is 7.83. The fraction of sp³-hybridized carbons (Fsp3) is 0.625. The molecule has 0 bridgehead atoms. The molecule has 1 atom stereocenters. The highest BCUT2D eigenvalue weighted by Crippen LogP contribution is 2.11. The molecular formula is C16H26N4O2. The third kappa shape index (κ3) is 5.61. The normalized spacial score (nSPS) is 17.7. The molecule has 0 saturated carbocycles. The predicted octanol–water partition coefficient (Wildman–Crippen LogP) is 1.33. The second kappa shape index (κ2) is 8.70. The van der Waals surface area contributed by atoms with E-state index in [1.807, 2.05) is 31.1 Å². The first-order chi connectivity index (χ1) is 10.6. The van der Waals surface area contributed by atoms with Gasteiger partial charge in [0.2, 0.25) is 0 Å². The van der Waals surface area contributed by atoms with Gasteiger partial charge in [-0.3, -0.25) is 4.98 Å². The Morgan fingerprint density at radius 2 is 2.32 bits per heavy atom. The van der Waals surface area contributed by atoms with E-state index < -0.39 is 0 Å². The maximum atomic E-state index is 12.4. The number of urea groups is 1. The van der Waals surface area contributed by atoms with Crippen LogP contribution in [0.25, 0.3) is 0 Å². The summed E-state index contributed by atoms with van der Waals surface area (Å²) in [4.78, 5) is 20.4. The van der Waals surface area contributed by atoms with E-state index >= 15 is 0 Å². The molecule has 2 rings (SSSR count). The summed E-state index contributed by atoms with van der Waals surface area (Å²) >= 11 is 0. The number of pyridine rings is 1. The molecule has 122 valence electrons. The topological polar surface area (TPSA) is 57.7 Å². The number of rotatable bonds is 7. The minimum atomic E-state index is -0.0406. The third-order valence-electron chi connectivity index (χ3n) is 3.71. The van der Waals surface area contributed by atoms with Crippen molar-refractivity contribution in [2.24, 2.45) is 0 Å². The van der Waals surface area contributed by atoms with Crippen LogP contribution < -0.4 is 5.32 Å². The Morgan fingerprint density at radius 3 is 2.95 bits per heavy atom. The summed E-state index contributed by atoms with van der Waals surface area (Å²) in [5, 5.41) is 2.99. The quantitative estimate of drug-likeness (QED) is 0.826. The van der Waals surface area contributed by atoms with Crippen molar-refractivity contribution in [3.63, 3.8) is 0 Å². The van der Waals surface area contributed by atoms with Crippen LogP contribution in [0.4, 0.5) is 4.79 Å². The minimum absolute atomic E-state index is 0.0406. The average Bonchev–Trinajstić information content (AvgIpc) is 3.03. The maximum absolute atomic E-state index is 12.4. The highest BCUT2D eigenvalue weighted by atomic mass is 16.5. The summed E-state index contributed by atoms with van der Waals surface area (Å²) < 4.78 is 5.55. The molecular weight excluding hydrogens is 280 g/mol. The van der Waals surface area contributed by atoms with Crippen LogP contribution in [0, 0.1) is 0 Å². The van der Waals surface area contributed by atoms with Crippen LogP contribution in [0.3, 0.4) is 0 Å². The first kappa shape index (κ1) is 16.7. The summed E-state index contributed by atoms with van der Waals surface area (Å²) in [6.07, 6.45) is 5.82. The Morgan fingerprint density at radius 1 is 1.45 bits per heavy atom. The number of hydrogen-bond acceptors (Lipinski definition) is 4. The second-order valence-electron chi connectivity index (χ2n) is 5.91. The Hall–Kier alpha value is -1.66. The maximum Gasteiger partial charge on any atom is 0.317 e. The van der Waals surface area contributed by atoms with Crippen LogP contribution in [0.15, 0.2) is 24.5 Å². The van der Waals surface area contributed by atoms with Gasteiger partial charge in [-0.05, 0) is 38.6 Å². The van der Waals surface area contributed by atoms with Gasteiger partial charge in [-0.15, -0.1) is 0 Å². The van der Waals surface area contributed by atoms with Gasteiger partial charge in [-0.1, -0.05) is 6.07 Å². The van der Waals surface area contributed by atoms with Gasteiger partial charge in [0.15, 0.2) is 0 Å². The molecule has 0 spiro atoms. The summed E-state index contributed by atoms with van der Waals surface area (Å²) in [6.45, 7) is 3.47. The van der Waals surface area contributed by atoms with Crippen LogP contribution in [0.5, 0.6) is 0 Å². The summed E-state index contributed by atoms with van der Waals surface area (Å²) in [5.41, 5.74) is 1.04. The van der Waals surface area contributed by atoms with Gasteiger partial charge in [-0.2, -0.15) is 0 Å². The van der Waals surface area contributed by atoms with Gasteiger partial charge in [0.25, 0.3) is 0 Å². The molecule has 1 aliphatic heterocycles. The molecule has 1 fully saturated rings. The van der Waals surface area contributed by atoms with Crippen LogP contribution in [-0.4, -0.2) is 67.3 Å². The first-order valence-corrected chi connectivity index (χ1v) is 7.83. The molecule has 0 aliphatic carbocycles. The van der Waals surface area contributed by atoms with E-state index in [9.17, 15) is 4.79 Å². The van der Waals surface area contributed by atoms with E-state index in [1.54, 1.807) is 12.4 Å². The summed E-state index contributed by atoms with van der Waals surface area (Å²) in [7, 11) is 4.01. The van der Waals surface area contributed by atoms with Crippen LogP contribution in [0.1, 0.15) is 18.4 Å². The number of carbonyl (C=O) groups is 1. The van der Waals surface area contributed by atoms with Crippen LogP contribution in [-0.2, 0) is 11.3 Å². The van der Waals surface area contributed by atoms with Crippen molar-refractivity contribution >= 4 is 6.03 Å². The molecule has 0 unspecified atom stereocenters. The van der Waals surface area contributed by atoms with Gasteiger partial charge in [-0.25, -0.2) is 4.79 Å². The van der Waals surface area contributed by atoms with Crippen molar-refractivity contribution in [2.45, 2.75) is 25.5 Å². The number of ether oxygens (including phenoxy) is 1. The number of amides is 2. The summed E-state index contributed by atoms with van der Waals surface area (Å²) in [6, 6.07) is 3.84. The van der Waals surface area contributed by atoms with Crippen LogP contribution >= 0.6 is 0 Å². The lowest BCUT2D eigenvalue weighted by Gasteiger charge is -2.25. The highest BCUT2D eigenvalue weighted by Gasteiger charge is 2.19. The Bertz CT molecular complexity index is 447. The van der Waals surface area contributed by atoms with Crippen molar-refractivity contribution in [3.05, 3.63) is 30.1 Å². The van der Waals surface area contributed by atoms with Crippen molar-refractivity contribution in [1.82, 2.24) is 20.1 Å². The minimum Gasteiger partial charge on any atom is -0.376 e. The molecule has 1 aromatic heterocycles. The number of carbonyl (C=O) groups excluding carboxylic acids is 1. The highest BCUT2D eigenvalue weighted by molar-refractivity contribution is 5.74. The van der Waals surface area contributed by atoms with Gasteiger partial charge in [0.1, 0.15) is 0 Å². The van der Waals surface area contributed by atoms with Crippen molar-refractivity contribution in [3.8, 4) is 0 Å². The SMILES string of the molecule is CN(C)CCN(Cc1cccnc1)C(=O)NC[C@@H]1CCCO1. The molecule has 1 saturated heterocycles. The van der Waals surface area contributed by atoms with E-state index in [4.69, 9.17) is 4.74 Å². The lowest BCUT2D eigenvalue weighted by atomic mass is 10.2. The number of nitrogens with one attached hydrogen (secondary N) is 1.